The van der Waals surface area contributed by atoms with Crippen LogP contribution in [-0.2, 0) is 4.79 Å². The van der Waals surface area contributed by atoms with Crippen LogP contribution in [0.15, 0.2) is 80.0 Å². The van der Waals surface area contributed by atoms with Crippen LogP contribution in [0.5, 0.6) is 0 Å². The van der Waals surface area contributed by atoms with Gasteiger partial charge in [-0.05, 0) is 77.0 Å². The van der Waals surface area contributed by atoms with Gasteiger partial charge >= 0.3 is 0 Å². The molecule has 4 rings (SSSR count). The predicted octanol–water partition coefficient (Wildman–Crippen LogP) is 7.10. The Morgan fingerprint density at radius 2 is 1.84 bits per heavy atom. The van der Waals surface area contributed by atoms with E-state index in [0.29, 0.717) is 5.92 Å². The van der Waals surface area contributed by atoms with Gasteiger partial charge < -0.3 is 5.32 Å². The molecule has 2 aromatic carbocycles. The van der Waals surface area contributed by atoms with Crippen LogP contribution in [0.3, 0.4) is 0 Å². The highest BCUT2D eigenvalue weighted by Crippen LogP contribution is 2.38. The van der Waals surface area contributed by atoms with Gasteiger partial charge in [0.15, 0.2) is 0 Å². The van der Waals surface area contributed by atoms with Gasteiger partial charge in [0, 0.05) is 26.4 Å². The lowest BCUT2D eigenvalue weighted by Crippen LogP contribution is -2.37. The largest absolute Gasteiger partial charge is 0.343 e. The number of rotatable bonds is 8. The van der Waals surface area contributed by atoms with E-state index >= 15 is 0 Å². The Labute approximate surface area is 202 Å². The zero-order valence-electron chi connectivity index (χ0n) is 17.8. The zero-order valence-corrected chi connectivity index (χ0v) is 20.3. The molecule has 0 radical (unpaired) electrons. The summed E-state index contributed by atoms with van der Waals surface area (Å²) in [7, 11) is 0. The first-order valence-electron chi connectivity index (χ1n) is 10.9. The first-order chi connectivity index (χ1) is 15.7. The minimum absolute atomic E-state index is 0.0352. The topological polar surface area (TPSA) is 52.9 Å². The van der Waals surface area contributed by atoms with E-state index < -0.39 is 0 Å². The molecule has 1 amide bonds. The number of carbonyl (C=O) groups excluding carboxylic acids is 1. The number of hydrogen-bond donors (Lipinski definition) is 1. The van der Waals surface area contributed by atoms with Crippen molar-refractivity contribution in [3.05, 3.63) is 65.4 Å². The number of nitriles is 1. The highest BCUT2D eigenvalue weighted by Gasteiger charge is 2.30. The summed E-state index contributed by atoms with van der Waals surface area (Å²) in [6.45, 7) is 0.101. The monoisotopic (exact) mass is 478 g/mol. The first-order valence-corrected chi connectivity index (χ1v) is 13.7. The maximum Gasteiger partial charge on any atom is 0.224 e. The molecular formula is C26H26N2OS3. The molecule has 6 heteroatoms. The van der Waals surface area contributed by atoms with Crippen molar-refractivity contribution in [2.75, 3.05) is 12.3 Å². The Bertz CT molecular complexity index is 1060. The number of nitrogens with one attached hydrogen (secondary N) is 1. The van der Waals surface area contributed by atoms with Crippen LogP contribution in [-0.4, -0.2) is 18.2 Å². The second-order valence-electron chi connectivity index (χ2n) is 7.92. The average Bonchev–Trinajstić information content (AvgIpc) is 3.37. The van der Waals surface area contributed by atoms with E-state index in [9.17, 15) is 4.79 Å². The van der Waals surface area contributed by atoms with Crippen LogP contribution in [0.4, 0.5) is 0 Å². The van der Waals surface area contributed by atoms with Gasteiger partial charge in [-0.1, -0.05) is 42.8 Å². The number of nitrogens with zero attached hydrogens (tertiary/aromatic N) is 1. The number of hydrogen-bond acceptors (Lipinski definition) is 5. The van der Waals surface area contributed by atoms with E-state index in [1.165, 1.54) is 32.2 Å². The SMILES string of the molecule is N#CCNC(=O)C1CCCCC1CSc1ccc(Sc2ccccc2-c2ccsc2)cc1. The van der Waals surface area contributed by atoms with E-state index in [1.807, 2.05) is 17.8 Å². The summed E-state index contributed by atoms with van der Waals surface area (Å²) in [5.41, 5.74) is 2.54. The fraction of sp³-hybridized carbons (Fsp3) is 0.308. The number of thioether (sulfide) groups is 1. The molecule has 0 saturated heterocycles. The van der Waals surface area contributed by atoms with Gasteiger partial charge in [0.25, 0.3) is 0 Å². The van der Waals surface area contributed by atoms with E-state index in [1.54, 1.807) is 23.1 Å². The summed E-state index contributed by atoms with van der Waals surface area (Å²) < 4.78 is 0. The molecule has 2 unspecified atom stereocenters. The molecule has 3 aromatic rings. The Morgan fingerprint density at radius 1 is 1.06 bits per heavy atom. The molecule has 164 valence electrons. The molecule has 3 nitrogen and oxygen atoms in total. The molecule has 1 saturated carbocycles. The molecule has 0 aliphatic heterocycles. The third-order valence-electron chi connectivity index (χ3n) is 5.82. The molecule has 32 heavy (non-hydrogen) atoms. The molecule has 1 aromatic heterocycles. The van der Waals surface area contributed by atoms with Crippen LogP contribution in [0, 0.1) is 23.2 Å². The second kappa shape index (κ2) is 11.6. The Morgan fingerprint density at radius 3 is 2.62 bits per heavy atom. The van der Waals surface area contributed by atoms with Crippen molar-refractivity contribution in [3.63, 3.8) is 0 Å². The van der Waals surface area contributed by atoms with E-state index in [0.717, 1.165) is 25.0 Å². The summed E-state index contributed by atoms with van der Waals surface area (Å²) >= 11 is 5.35. The summed E-state index contributed by atoms with van der Waals surface area (Å²) in [6, 6.07) is 21.5. The lowest BCUT2D eigenvalue weighted by atomic mass is 9.80. The summed E-state index contributed by atoms with van der Waals surface area (Å²) in [4.78, 5) is 16.2. The zero-order chi connectivity index (χ0) is 22.2. The van der Waals surface area contributed by atoms with Gasteiger partial charge in [0.1, 0.15) is 6.54 Å². The number of carbonyl (C=O) groups is 1. The second-order valence-corrected chi connectivity index (χ2v) is 10.9. The molecule has 0 spiro atoms. The van der Waals surface area contributed by atoms with Gasteiger partial charge in [0.2, 0.25) is 5.91 Å². The van der Waals surface area contributed by atoms with Gasteiger partial charge in [-0.25, -0.2) is 0 Å². The maximum atomic E-state index is 12.4. The van der Waals surface area contributed by atoms with Crippen molar-refractivity contribution in [1.29, 1.82) is 5.26 Å². The standard InChI is InChI=1S/C26H26N2OS3/c27-14-15-28-26(29)24-7-2-1-5-19(24)18-31-21-9-11-22(12-10-21)32-25-8-4-3-6-23(25)20-13-16-30-17-20/h3-4,6,8-13,16-17,19,24H,1-2,5,7,15,18H2,(H,28,29). The van der Waals surface area contributed by atoms with Crippen molar-refractivity contribution >= 4 is 40.8 Å². The first kappa shape index (κ1) is 23.0. The Kier molecular flexibility index (Phi) is 8.33. The van der Waals surface area contributed by atoms with Gasteiger partial charge in [-0.2, -0.15) is 16.6 Å². The summed E-state index contributed by atoms with van der Waals surface area (Å²) in [6.07, 6.45) is 4.31. The maximum absolute atomic E-state index is 12.4. The predicted molar refractivity (Wildman–Crippen MR) is 135 cm³/mol. The molecule has 1 aliphatic rings. The van der Waals surface area contributed by atoms with Crippen molar-refractivity contribution in [2.24, 2.45) is 11.8 Å². The van der Waals surface area contributed by atoms with Crippen LogP contribution in [0.1, 0.15) is 25.7 Å². The number of amides is 1. The van der Waals surface area contributed by atoms with Crippen LogP contribution < -0.4 is 5.32 Å². The third-order valence-corrected chi connectivity index (χ3v) is 8.79. The fourth-order valence-corrected chi connectivity index (χ4v) is 6.91. The molecule has 1 N–H and O–H groups in total. The van der Waals surface area contributed by atoms with E-state index in [4.69, 9.17) is 5.26 Å². The quantitative estimate of drug-likeness (QED) is 0.277. The Balaban J connectivity index is 1.36. The van der Waals surface area contributed by atoms with Crippen molar-refractivity contribution < 1.29 is 4.79 Å². The smallest absolute Gasteiger partial charge is 0.224 e. The van der Waals surface area contributed by atoms with Crippen LogP contribution >= 0.6 is 34.9 Å². The number of benzene rings is 2. The van der Waals surface area contributed by atoms with E-state index in [-0.39, 0.29) is 18.4 Å². The van der Waals surface area contributed by atoms with Crippen LogP contribution in [0.2, 0.25) is 0 Å². The molecule has 2 atom stereocenters. The van der Waals surface area contributed by atoms with E-state index in [2.05, 4.69) is 70.7 Å². The van der Waals surface area contributed by atoms with Crippen molar-refractivity contribution in [1.82, 2.24) is 5.32 Å². The number of thiophene rings is 1. The summed E-state index contributed by atoms with van der Waals surface area (Å²) in [5.74, 6) is 1.40. The fourth-order valence-electron chi connectivity index (χ4n) is 4.16. The molecule has 1 fully saturated rings. The summed E-state index contributed by atoms with van der Waals surface area (Å²) in [5, 5.41) is 15.8. The normalized spacial score (nSPS) is 18.1. The highest BCUT2D eigenvalue weighted by molar-refractivity contribution is 7.99. The molecular weight excluding hydrogens is 453 g/mol. The molecule has 0 bridgehead atoms. The van der Waals surface area contributed by atoms with Gasteiger partial charge in [0.05, 0.1) is 6.07 Å². The highest BCUT2D eigenvalue weighted by atomic mass is 32.2. The van der Waals surface area contributed by atoms with Gasteiger partial charge in [-0.3, -0.25) is 4.79 Å². The molecule has 1 aliphatic carbocycles. The minimum Gasteiger partial charge on any atom is -0.343 e. The third kappa shape index (κ3) is 5.98. The van der Waals surface area contributed by atoms with Crippen LogP contribution in [0.25, 0.3) is 11.1 Å². The lowest BCUT2D eigenvalue weighted by molar-refractivity contribution is -0.127. The Hall–Kier alpha value is -2.20. The van der Waals surface area contributed by atoms with Crippen molar-refractivity contribution in [3.8, 4) is 17.2 Å². The molecule has 1 heterocycles. The lowest BCUT2D eigenvalue weighted by Gasteiger charge is -2.30. The average molecular weight is 479 g/mol. The minimum atomic E-state index is 0.0352. The van der Waals surface area contributed by atoms with Gasteiger partial charge in [-0.15, -0.1) is 11.8 Å². The van der Waals surface area contributed by atoms with Crippen molar-refractivity contribution in [2.45, 2.75) is 40.4 Å².